The van der Waals surface area contributed by atoms with E-state index in [1.807, 2.05) is 32.2 Å². The third kappa shape index (κ3) is 3.18. The molecule has 1 aromatic rings. The maximum Gasteiger partial charge on any atom is 0.237 e. The molecule has 0 bridgehead atoms. The average molecular weight is 275 g/mol. The van der Waals surface area contributed by atoms with Crippen LogP contribution in [0.25, 0.3) is 0 Å². The van der Waals surface area contributed by atoms with E-state index >= 15 is 0 Å². The van der Waals surface area contributed by atoms with E-state index in [9.17, 15) is 4.79 Å². The first kappa shape index (κ1) is 15.0. The molecule has 0 radical (unpaired) electrons. The van der Waals surface area contributed by atoms with Gasteiger partial charge in [-0.1, -0.05) is 32.8 Å². The quantitative estimate of drug-likeness (QED) is 0.863. The summed E-state index contributed by atoms with van der Waals surface area (Å²) in [5, 5.41) is 3.04. The minimum absolute atomic E-state index is 0.00633. The number of hydrogen-bond acceptors (Lipinski definition) is 3. The van der Waals surface area contributed by atoms with Crippen LogP contribution in [-0.4, -0.2) is 23.5 Å². The number of aromatic nitrogens is 1. The lowest BCUT2D eigenvalue weighted by Crippen LogP contribution is -2.48. The van der Waals surface area contributed by atoms with Crippen molar-refractivity contribution in [3.8, 4) is 0 Å². The first-order chi connectivity index (χ1) is 9.55. The number of rotatable bonds is 5. The molecule has 3 N–H and O–H groups in total. The van der Waals surface area contributed by atoms with Gasteiger partial charge in [0.25, 0.3) is 0 Å². The molecule has 1 atom stereocenters. The topological polar surface area (TPSA) is 68.0 Å². The number of amides is 1. The Morgan fingerprint density at radius 3 is 2.65 bits per heavy atom. The second-order valence-electron chi connectivity index (χ2n) is 6.19. The molecule has 1 aliphatic rings. The zero-order chi connectivity index (χ0) is 14.6. The SMILES string of the molecule is CC(C)C(N)C(=O)NCC1(c2ccccn2)CCCC1. The standard InChI is InChI=1S/C16H25N3O/c1-12(2)14(17)15(20)19-11-16(8-4-5-9-16)13-7-3-6-10-18-13/h3,6-7,10,12,14H,4-5,8-9,11,17H2,1-2H3,(H,19,20). The fraction of sp³-hybridized carbons (Fsp3) is 0.625. The van der Waals surface area contributed by atoms with E-state index < -0.39 is 6.04 Å². The van der Waals surface area contributed by atoms with Crippen LogP contribution in [0, 0.1) is 5.92 Å². The van der Waals surface area contributed by atoms with E-state index in [1.54, 1.807) is 0 Å². The number of carbonyl (C=O) groups is 1. The molecule has 1 amide bonds. The highest BCUT2D eigenvalue weighted by Crippen LogP contribution is 2.39. The maximum atomic E-state index is 12.1. The Balaban J connectivity index is 2.06. The molecule has 1 unspecified atom stereocenters. The van der Waals surface area contributed by atoms with Crippen molar-refractivity contribution in [3.05, 3.63) is 30.1 Å². The largest absolute Gasteiger partial charge is 0.354 e. The molecule has 110 valence electrons. The van der Waals surface area contributed by atoms with Crippen LogP contribution in [0.4, 0.5) is 0 Å². The smallest absolute Gasteiger partial charge is 0.237 e. The van der Waals surface area contributed by atoms with Crippen molar-refractivity contribution < 1.29 is 4.79 Å². The van der Waals surface area contributed by atoms with Crippen LogP contribution in [-0.2, 0) is 10.2 Å². The van der Waals surface area contributed by atoms with Crippen LogP contribution in [0.2, 0.25) is 0 Å². The van der Waals surface area contributed by atoms with Crippen LogP contribution >= 0.6 is 0 Å². The first-order valence-corrected chi connectivity index (χ1v) is 7.50. The van der Waals surface area contributed by atoms with Crippen molar-refractivity contribution in [1.82, 2.24) is 10.3 Å². The fourth-order valence-corrected chi connectivity index (χ4v) is 2.93. The zero-order valence-electron chi connectivity index (χ0n) is 12.4. The minimum atomic E-state index is -0.433. The Morgan fingerprint density at radius 1 is 1.40 bits per heavy atom. The number of nitrogens with two attached hydrogens (primary N) is 1. The third-order valence-corrected chi connectivity index (χ3v) is 4.39. The monoisotopic (exact) mass is 275 g/mol. The summed E-state index contributed by atoms with van der Waals surface area (Å²) in [6.45, 7) is 4.58. The third-order valence-electron chi connectivity index (χ3n) is 4.39. The van der Waals surface area contributed by atoms with Crippen molar-refractivity contribution in [2.24, 2.45) is 11.7 Å². The lowest BCUT2D eigenvalue weighted by molar-refractivity contribution is -0.123. The van der Waals surface area contributed by atoms with Gasteiger partial charge < -0.3 is 11.1 Å². The van der Waals surface area contributed by atoms with Gasteiger partial charge in [-0.15, -0.1) is 0 Å². The molecule has 0 aromatic carbocycles. The van der Waals surface area contributed by atoms with Gasteiger partial charge in [-0.05, 0) is 30.9 Å². The van der Waals surface area contributed by atoms with Crippen LogP contribution in [0.3, 0.4) is 0 Å². The average Bonchev–Trinajstić information content (AvgIpc) is 2.95. The van der Waals surface area contributed by atoms with Crippen molar-refractivity contribution in [1.29, 1.82) is 0 Å². The molecular formula is C16H25N3O. The summed E-state index contributed by atoms with van der Waals surface area (Å²) in [4.78, 5) is 16.6. The van der Waals surface area contributed by atoms with E-state index in [4.69, 9.17) is 5.73 Å². The molecule has 0 aliphatic heterocycles. The minimum Gasteiger partial charge on any atom is -0.354 e. The van der Waals surface area contributed by atoms with Crippen molar-refractivity contribution in [2.45, 2.75) is 51.0 Å². The molecule has 1 saturated carbocycles. The van der Waals surface area contributed by atoms with E-state index in [1.165, 1.54) is 12.8 Å². The maximum absolute atomic E-state index is 12.1. The second-order valence-corrected chi connectivity index (χ2v) is 6.19. The fourth-order valence-electron chi connectivity index (χ4n) is 2.93. The highest BCUT2D eigenvalue weighted by atomic mass is 16.2. The number of nitrogens with one attached hydrogen (secondary N) is 1. The number of hydrogen-bond donors (Lipinski definition) is 2. The summed E-state index contributed by atoms with van der Waals surface area (Å²) in [6.07, 6.45) is 6.39. The molecule has 2 rings (SSSR count). The summed E-state index contributed by atoms with van der Waals surface area (Å²) >= 11 is 0. The van der Waals surface area contributed by atoms with Gasteiger partial charge in [0, 0.05) is 23.9 Å². The number of pyridine rings is 1. The Labute approximate surface area is 121 Å². The predicted octanol–water partition coefficient (Wildman–Crippen LogP) is 1.99. The summed E-state index contributed by atoms with van der Waals surface area (Å²) in [6, 6.07) is 5.58. The van der Waals surface area contributed by atoms with E-state index in [-0.39, 0.29) is 17.2 Å². The molecule has 4 nitrogen and oxygen atoms in total. The Kier molecular flexibility index (Phi) is 4.76. The lowest BCUT2D eigenvalue weighted by Gasteiger charge is -2.29. The molecule has 1 fully saturated rings. The van der Waals surface area contributed by atoms with Crippen molar-refractivity contribution in [2.75, 3.05) is 6.54 Å². The predicted molar refractivity (Wildman–Crippen MR) is 80.2 cm³/mol. The van der Waals surface area contributed by atoms with Crippen LogP contribution in [0.1, 0.15) is 45.2 Å². The molecule has 1 aromatic heterocycles. The van der Waals surface area contributed by atoms with Gasteiger partial charge in [0.15, 0.2) is 0 Å². The van der Waals surface area contributed by atoms with Gasteiger partial charge in [0.1, 0.15) is 0 Å². The normalized spacial score (nSPS) is 19.0. The zero-order valence-corrected chi connectivity index (χ0v) is 12.4. The number of carbonyl (C=O) groups excluding carboxylic acids is 1. The van der Waals surface area contributed by atoms with Crippen LogP contribution in [0.15, 0.2) is 24.4 Å². The van der Waals surface area contributed by atoms with Gasteiger partial charge in [0.2, 0.25) is 5.91 Å². The van der Waals surface area contributed by atoms with Crippen molar-refractivity contribution >= 4 is 5.91 Å². The van der Waals surface area contributed by atoms with Gasteiger partial charge in [-0.3, -0.25) is 9.78 Å². The first-order valence-electron chi connectivity index (χ1n) is 7.50. The van der Waals surface area contributed by atoms with E-state index in [0.717, 1.165) is 18.5 Å². The Hall–Kier alpha value is -1.42. The molecule has 1 aliphatic carbocycles. The molecule has 1 heterocycles. The lowest BCUT2D eigenvalue weighted by atomic mass is 9.82. The molecular weight excluding hydrogens is 250 g/mol. The molecule has 0 spiro atoms. The Morgan fingerprint density at radius 2 is 2.10 bits per heavy atom. The van der Waals surface area contributed by atoms with Crippen LogP contribution in [0.5, 0.6) is 0 Å². The Bertz CT molecular complexity index is 438. The van der Waals surface area contributed by atoms with Crippen molar-refractivity contribution in [3.63, 3.8) is 0 Å². The summed E-state index contributed by atoms with van der Waals surface area (Å²) < 4.78 is 0. The van der Waals surface area contributed by atoms with E-state index in [2.05, 4.69) is 16.4 Å². The second kappa shape index (κ2) is 6.35. The molecule has 0 saturated heterocycles. The van der Waals surface area contributed by atoms with Crippen LogP contribution < -0.4 is 11.1 Å². The van der Waals surface area contributed by atoms with Gasteiger partial charge >= 0.3 is 0 Å². The van der Waals surface area contributed by atoms with Gasteiger partial charge in [0.05, 0.1) is 6.04 Å². The summed E-state index contributed by atoms with van der Waals surface area (Å²) in [5.41, 5.74) is 6.99. The molecule has 20 heavy (non-hydrogen) atoms. The molecule has 4 heteroatoms. The van der Waals surface area contributed by atoms with E-state index in [0.29, 0.717) is 6.54 Å². The van der Waals surface area contributed by atoms with Gasteiger partial charge in [-0.2, -0.15) is 0 Å². The van der Waals surface area contributed by atoms with Gasteiger partial charge in [-0.25, -0.2) is 0 Å². The highest BCUT2D eigenvalue weighted by molar-refractivity contribution is 5.81. The summed E-state index contributed by atoms with van der Waals surface area (Å²) in [5.74, 6) is 0.103. The number of nitrogens with zero attached hydrogens (tertiary/aromatic N) is 1. The summed E-state index contributed by atoms with van der Waals surface area (Å²) in [7, 11) is 0. The highest BCUT2D eigenvalue weighted by Gasteiger charge is 2.37.